The van der Waals surface area contributed by atoms with Crippen LogP contribution in [0.15, 0.2) is 56.4 Å². The number of nitrogens with one attached hydrogen (secondary N) is 3. The zero-order chi connectivity index (χ0) is 17.8. The van der Waals surface area contributed by atoms with Gasteiger partial charge in [0.15, 0.2) is 0 Å². The maximum atomic E-state index is 12.2. The minimum absolute atomic E-state index is 0.0989. The van der Waals surface area contributed by atoms with Gasteiger partial charge in [-0.05, 0) is 48.0 Å². The predicted octanol–water partition coefficient (Wildman–Crippen LogP) is 2.77. The summed E-state index contributed by atoms with van der Waals surface area (Å²) in [5.41, 5.74) is 7.69. The minimum atomic E-state index is -0.174. The minimum Gasteiger partial charge on any atom is -0.326 e. The molecular formula is C17H14Br2N4O2. The van der Waals surface area contributed by atoms with Crippen molar-refractivity contribution in [3.8, 4) is 0 Å². The van der Waals surface area contributed by atoms with Crippen molar-refractivity contribution in [2.45, 2.75) is 6.42 Å². The molecule has 2 aromatic rings. The van der Waals surface area contributed by atoms with Gasteiger partial charge in [0.05, 0.1) is 6.42 Å². The van der Waals surface area contributed by atoms with Crippen molar-refractivity contribution in [2.24, 2.45) is 4.99 Å². The van der Waals surface area contributed by atoms with Crippen LogP contribution in [0.1, 0.15) is 11.1 Å². The molecule has 0 bridgehead atoms. The number of amidine groups is 1. The normalized spacial score (nSPS) is 13.5. The second-order valence-electron chi connectivity index (χ2n) is 5.42. The number of anilines is 1. The summed E-state index contributed by atoms with van der Waals surface area (Å²) in [4.78, 5) is 27.4. The topological polar surface area (TPSA) is 82.6 Å². The Hall–Kier alpha value is -2.19. The van der Waals surface area contributed by atoms with Crippen LogP contribution in [-0.2, 0) is 16.0 Å². The molecule has 2 amide bonds. The van der Waals surface area contributed by atoms with Gasteiger partial charge in [-0.3, -0.25) is 25.4 Å². The summed E-state index contributed by atoms with van der Waals surface area (Å²) < 4.78 is 1.84. The van der Waals surface area contributed by atoms with Crippen LogP contribution in [0.25, 0.3) is 0 Å². The fraction of sp³-hybridized carbons (Fsp3) is 0.118. The lowest BCUT2D eigenvalue weighted by molar-refractivity contribution is -0.120. The van der Waals surface area contributed by atoms with E-state index in [1.165, 1.54) is 0 Å². The highest BCUT2D eigenvalue weighted by molar-refractivity contribution is 9.11. The van der Waals surface area contributed by atoms with Crippen LogP contribution in [-0.4, -0.2) is 24.2 Å². The van der Waals surface area contributed by atoms with E-state index in [0.717, 1.165) is 20.1 Å². The fourth-order valence-electron chi connectivity index (χ4n) is 2.34. The van der Waals surface area contributed by atoms with E-state index in [0.29, 0.717) is 11.5 Å². The summed E-state index contributed by atoms with van der Waals surface area (Å²) in [6.45, 7) is 0.100. The summed E-state index contributed by atoms with van der Waals surface area (Å²) >= 11 is 6.83. The number of hydrogen-bond donors (Lipinski definition) is 3. The van der Waals surface area contributed by atoms with Crippen molar-refractivity contribution in [3.63, 3.8) is 0 Å². The first-order valence-electron chi connectivity index (χ1n) is 7.44. The first-order valence-corrected chi connectivity index (χ1v) is 9.03. The average Bonchev–Trinajstić information content (AvgIpc) is 2.55. The summed E-state index contributed by atoms with van der Waals surface area (Å²) in [6.07, 6.45) is 0.278. The third-order valence-electron chi connectivity index (χ3n) is 3.43. The van der Waals surface area contributed by atoms with Gasteiger partial charge in [0.25, 0.3) is 5.91 Å². The zero-order valence-electron chi connectivity index (χ0n) is 13.0. The number of carbonyl (C=O) groups excluding carboxylic acids is 2. The molecule has 0 radical (unpaired) electrons. The first kappa shape index (κ1) is 17.6. The lowest BCUT2D eigenvalue weighted by atomic mass is 10.1. The SMILES string of the molecule is O=C1CN=C(c2ccc(NC(=O)Cc3cc(Br)cc(Br)c3)cc2)NN1. The Balaban J connectivity index is 1.63. The molecule has 2 aromatic carbocycles. The van der Waals surface area contributed by atoms with Crippen LogP contribution in [0.2, 0.25) is 0 Å². The third-order valence-corrected chi connectivity index (χ3v) is 4.35. The molecule has 3 rings (SSSR count). The molecule has 3 N–H and O–H groups in total. The molecule has 25 heavy (non-hydrogen) atoms. The van der Waals surface area contributed by atoms with Gasteiger partial charge in [0.2, 0.25) is 5.91 Å². The van der Waals surface area contributed by atoms with E-state index in [1.54, 1.807) is 12.1 Å². The summed E-state index contributed by atoms with van der Waals surface area (Å²) in [5.74, 6) is 0.321. The molecule has 8 heteroatoms. The number of rotatable bonds is 4. The van der Waals surface area contributed by atoms with Gasteiger partial charge in [-0.15, -0.1) is 0 Å². The number of carbonyl (C=O) groups is 2. The van der Waals surface area contributed by atoms with E-state index in [9.17, 15) is 9.59 Å². The van der Waals surface area contributed by atoms with Crippen molar-refractivity contribution in [1.82, 2.24) is 10.9 Å². The Morgan fingerprint density at radius 1 is 1.08 bits per heavy atom. The largest absolute Gasteiger partial charge is 0.326 e. The Kier molecular flexibility index (Phi) is 5.50. The highest BCUT2D eigenvalue weighted by atomic mass is 79.9. The molecule has 0 unspecified atom stereocenters. The Morgan fingerprint density at radius 3 is 2.36 bits per heavy atom. The van der Waals surface area contributed by atoms with Gasteiger partial charge in [-0.1, -0.05) is 31.9 Å². The third kappa shape index (κ3) is 4.90. The smallest absolute Gasteiger partial charge is 0.260 e. The molecule has 0 aromatic heterocycles. The Bertz CT molecular complexity index is 830. The van der Waals surface area contributed by atoms with E-state index in [2.05, 4.69) is 53.0 Å². The number of halogens is 2. The molecule has 128 valence electrons. The molecule has 1 aliphatic rings. The van der Waals surface area contributed by atoms with E-state index < -0.39 is 0 Å². The van der Waals surface area contributed by atoms with Crippen molar-refractivity contribution in [3.05, 3.63) is 62.5 Å². The molecule has 0 saturated carbocycles. The van der Waals surface area contributed by atoms with Gasteiger partial charge < -0.3 is 5.32 Å². The van der Waals surface area contributed by atoms with Crippen LogP contribution in [0, 0.1) is 0 Å². The lowest BCUT2D eigenvalue weighted by Gasteiger charge is -2.15. The number of aliphatic imine (C=N–C) groups is 1. The molecule has 6 nitrogen and oxygen atoms in total. The summed E-state index contributed by atoms with van der Waals surface area (Å²) in [6, 6.07) is 13.0. The summed E-state index contributed by atoms with van der Waals surface area (Å²) in [5, 5.41) is 2.87. The van der Waals surface area contributed by atoms with Gasteiger partial charge in [0.1, 0.15) is 12.4 Å². The van der Waals surface area contributed by atoms with Crippen LogP contribution in [0.4, 0.5) is 5.69 Å². The first-order chi connectivity index (χ1) is 12.0. The highest BCUT2D eigenvalue weighted by Crippen LogP contribution is 2.21. The second-order valence-corrected chi connectivity index (χ2v) is 7.25. The van der Waals surface area contributed by atoms with Gasteiger partial charge in [-0.25, -0.2) is 0 Å². The van der Waals surface area contributed by atoms with Crippen molar-refractivity contribution < 1.29 is 9.59 Å². The quantitative estimate of drug-likeness (QED) is 0.649. The molecule has 0 atom stereocenters. The average molecular weight is 466 g/mol. The summed E-state index contributed by atoms with van der Waals surface area (Å²) in [7, 11) is 0. The fourth-order valence-corrected chi connectivity index (χ4v) is 3.73. The van der Waals surface area contributed by atoms with E-state index in [-0.39, 0.29) is 24.8 Å². The van der Waals surface area contributed by atoms with Gasteiger partial charge in [-0.2, -0.15) is 0 Å². The lowest BCUT2D eigenvalue weighted by Crippen LogP contribution is -2.47. The monoisotopic (exact) mass is 464 g/mol. The van der Waals surface area contributed by atoms with E-state index in [1.807, 2.05) is 30.3 Å². The molecule has 0 spiro atoms. The van der Waals surface area contributed by atoms with E-state index >= 15 is 0 Å². The van der Waals surface area contributed by atoms with Gasteiger partial charge in [0, 0.05) is 20.2 Å². The molecule has 0 fully saturated rings. The molecular weight excluding hydrogens is 452 g/mol. The van der Waals surface area contributed by atoms with Crippen LogP contribution in [0.3, 0.4) is 0 Å². The molecule has 0 aliphatic carbocycles. The zero-order valence-corrected chi connectivity index (χ0v) is 16.1. The van der Waals surface area contributed by atoms with Crippen molar-refractivity contribution >= 4 is 55.2 Å². The number of hydrogen-bond acceptors (Lipinski definition) is 4. The number of benzene rings is 2. The Labute approximate surface area is 161 Å². The van der Waals surface area contributed by atoms with Gasteiger partial charge >= 0.3 is 0 Å². The van der Waals surface area contributed by atoms with Crippen LogP contribution < -0.4 is 16.2 Å². The molecule has 1 heterocycles. The van der Waals surface area contributed by atoms with Crippen molar-refractivity contribution in [2.75, 3.05) is 11.9 Å². The second kappa shape index (κ2) is 7.79. The van der Waals surface area contributed by atoms with E-state index in [4.69, 9.17) is 0 Å². The van der Waals surface area contributed by atoms with Crippen LogP contribution in [0.5, 0.6) is 0 Å². The number of amides is 2. The number of nitrogens with zero attached hydrogens (tertiary/aromatic N) is 1. The Morgan fingerprint density at radius 2 is 1.76 bits per heavy atom. The predicted molar refractivity (Wildman–Crippen MR) is 103 cm³/mol. The number of hydrazine groups is 1. The molecule has 0 saturated heterocycles. The standard InChI is InChI=1S/C17H14Br2N4O2/c18-12-5-10(6-13(19)8-12)7-15(24)21-14-3-1-11(2-4-14)17-20-9-16(25)22-23-17/h1-6,8H,7,9H2,(H,20,23)(H,21,24)(H,22,25). The van der Waals surface area contributed by atoms with Crippen LogP contribution >= 0.6 is 31.9 Å². The highest BCUT2D eigenvalue weighted by Gasteiger charge is 2.12. The van der Waals surface area contributed by atoms with Crippen molar-refractivity contribution in [1.29, 1.82) is 0 Å². The maximum Gasteiger partial charge on any atom is 0.260 e. The maximum absolute atomic E-state index is 12.2. The molecule has 1 aliphatic heterocycles.